The van der Waals surface area contributed by atoms with Gasteiger partial charge in [-0.3, -0.25) is 4.90 Å². The van der Waals surface area contributed by atoms with Crippen molar-refractivity contribution in [2.75, 3.05) is 33.3 Å². The molecule has 1 N–H and O–H groups in total. The lowest BCUT2D eigenvalue weighted by Gasteiger charge is -2.33. The maximum Gasteiger partial charge on any atom is 0.0698 e. The minimum Gasteiger partial charge on any atom is -0.380 e. The summed E-state index contributed by atoms with van der Waals surface area (Å²) in [6.45, 7) is 7.10. The van der Waals surface area contributed by atoms with Crippen LogP contribution in [0.4, 0.5) is 0 Å². The van der Waals surface area contributed by atoms with Crippen molar-refractivity contribution >= 4 is 0 Å². The molecule has 106 valence electrons. The van der Waals surface area contributed by atoms with Crippen LogP contribution in [-0.2, 0) is 4.74 Å². The molecule has 1 atom stereocenters. The first-order valence-corrected chi connectivity index (χ1v) is 7.76. The van der Waals surface area contributed by atoms with Crippen molar-refractivity contribution in [2.24, 2.45) is 5.92 Å². The first kappa shape index (κ1) is 14.3. The number of nitrogens with one attached hydrogen (secondary N) is 1. The van der Waals surface area contributed by atoms with Gasteiger partial charge >= 0.3 is 0 Å². The molecule has 2 aliphatic rings. The summed E-state index contributed by atoms with van der Waals surface area (Å²) in [6, 6.07) is 0.782. The minimum absolute atomic E-state index is 0.467. The van der Waals surface area contributed by atoms with Crippen molar-refractivity contribution < 1.29 is 4.74 Å². The molecular weight excluding hydrogens is 224 g/mol. The summed E-state index contributed by atoms with van der Waals surface area (Å²) < 4.78 is 5.47. The van der Waals surface area contributed by atoms with Crippen LogP contribution in [-0.4, -0.2) is 50.3 Å². The molecule has 0 aromatic heterocycles. The highest BCUT2D eigenvalue weighted by atomic mass is 16.5. The Hall–Kier alpha value is -0.120. The smallest absolute Gasteiger partial charge is 0.0698 e. The second-order valence-corrected chi connectivity index (χ2v) is 6.21. The van der Waals surface area contributed by atoms with Gasteiger partial charge in [-0.25, -0.2) is 0 Å². The van der Waals surface area contributed by atoms with Crippen molar-refractivity contribution in [1.29, 1.82) is 0 Å². The number of likely N-dealkylation sites (tertiary alicyclic amines) is 1. The van der Waals surface area contributed by atoms with E-state index in [1.54, 1.807) is 0 Å². The lowest BCUT2D eigenvalue weighted by Crippen LogP contribution is -2.44. The first-order valence-electron chi connectivity index (χ1n) is 7.76. The minimum atomic E-state index is 0.467. The average molecular weight is 254 g/mol. The van der Waals surface area contributed by atoms with Gasteiger partial charge in [0, 0.05) is 32.8 Å². The third kappa shape index (κ3) is 4.52. The number of hydrogen-bond acceptors (Lipinski definition) is 3. The zero-order valence-corrected chi connectivity index (χ0v) is 12.2. The van der Waals surface area contributed by atoms with Crippen LogP contribution in [0.5, 0.6) is 0 Å². The molecule has 1 saturated heterocycles. The van der Waals surface area contributed by atoms with Crippen LogP contribution in [0.2, 0.25) is 0 Å². The fourth-order valence-electron chi connectivity index (χ4n) is 3.30. The molecule has 0 spiro atoms. The molecule has 1 heterocycles. The van der Waals surface area contributed by atoms with E-state index in [4.69, 9.17) is 4.74 Å². The summed E-state index contributed by atoms with van der Waals surface area (Å²) in [5, 5.41) is 3.74. The number of nitrogens with zero attached hydrogens (tertiary/aromatic N) is 1. The van der Waals surface area contributed by atoms with Crippen LogP contribution in [0.25, 0.3) is 0 Å². The van der Waals surface area contributed by atoms with Gasteiger partial charge in [0.2, 0.25) is 0 Å². The molecule has 0 aromatic rings. The number of ether oxygens (including phenoxy) is 1. The van der Waals surface area contributed by atoms with Crippen molar-refractivity contribution in [3.63, 3.8) is 0 Å². The molecule has 0 radical (unpaired) electrons. The fraction of sp³-hybridized carbons (Fsp3) is 1.00. The monoisotopic (exact) mass is 254 g/mol. The number of methoxy groups -OCH3 is 1. The van der Waals surface area contributed by atoms with Crippen LogP contribution < -0.4 is 5.32 Å². The predicted octanol–water partition coefficient (Wildman–Crippen LogP) is 2.27. The third-order valence-corrected chi connectivity index (χ3v) is 4.67. The van der Waals surface area contributed by atoms with E-state index >= 15 is 0 Å². The average Bonchev–Trinajstić information content (AvgIpc) is 2.41. The summed E-state index contributed by atoms with van der Waals surface area (Å²) in [7, 11) is 1.84. The molecule has 3 nitrogen and oxygen atoms in total. The molecule has 0 amide bonds. The molecule has 0 bridgehead atoms. The molecule has 1 aliphatic carbocycles. The van der Waals surface area contributed by atoms with Crippen molar-refractivity contribution in [3.8, 4) is 0 Å². The summed E-state index contributed by atoms with van der Waals surface area (Å²) in [5.41, 5.74) is 0. The molecule has 2 rings (SSSR count). The number of hydrogen-bond donors (Lipinski definition) is 1. The van der Waals surface area contributed by atoms with Gasteiger partial charge in [0.25, 0.3) is 0 Å². The van der Waals surface area contributed by atoms with E-state index in [2.05, 4.69) is 17.1 Å². The van der Waals surface area contributed by atoms with Gasteiger partial charge in [0.15, 0.2) is 0 Å². The predicted molar refractivity (Wildman–Crippen MR) is 75.9 cm³/mol. The van der Waals surface area contributed by atoms with E-state index in [0.29, 0.717) is 6.10 Å². The summed E-state index contributed by atoms with van der Waals surface area (Å²) in [5.74, 6) is 0.951. The van der Waals surface area contributed by atoms with E-state index in [1.165, 1.54) is 51.6 Å². The Balaban J connectivity index is 1.57. The Morgan fingerprint density at radius 3 is 2.67 bits per heavy atom. The van der Waals surface area contributed by atoms with Gasteiger partial charge in [-0.05, 0) is 51.0 Å². The zero-order valence-electron chi connectivity index (χ0n) is 12.2. The first-order chi connectivity index (χ1) is 8.78. The largest absolute Gasteiger partial charge is 0.380 e. The van der Waals surface area contributed by atoms with Gasteiger partial charge in [0.1, 0.15) is 0 Å². The van der Waals surface area contributed by atoms with E-state index in [-0.39, 0.29) is 0 Å². The second kappa shape index (κ2) is 7.46. The second-order valence-electron chi connectivity index (χ2n) is 6.21. The summed E-state index contributed by atoms with van der Waals surface area (Å²) >= 11 is 0. The third-order valence-electron chi connectivity index (χ3n) is 4.67. The van der Waals surface area contributed by atoms with Gasteiger partial charge in [-0.1, -0.05) is 6.92 Å². The lowest BCUT2D eigenvalue weighted by molar-refractivity contribution is 0.0315. The summed E-state index contributed by atoms with van der Waals surface area (Å²) in [4.78, 5) is 2.55. The SMILES string of the molecule is COC1CCCN(CCNC2CCC(C)CC2)C1. The highest BCUT2D eigenvalue weighted by Gasteiger charge is 2.20. The lowest BCUT2D eigenvalue weighted by atomic mass is 9.87. The molecule has 0 aromatic carbocycles. The number of piperidine rings is 1. The Morgan fingerprint density at radius 1 is 1.17 bits per heavy atom. The molecule has 3 heteroatoms. The maximum atomic E-state index is 5.47. The van der Waals surface area contributed by atoms with E-state index < -0.39 is 0 Å². The standard InChI is InChI=1S/C15H30N2O/c1-13-5-7-14(8-6-13)16-9-11-17-10-3-4-15(12-17)18-2/h13-16H,3-12H2,1-2H3. The van der Waals surface area contributed by atoms with E-state index in [9.17, 15) is 0 Å². The van der Waals surface area contributed by atoms with Crippen molar-refractivity contribution in [1.82, 2.24) is 10.2 Å². The maximum absolute atomic E-state index is 5.47. The van der Waals surface area contributed by atoms with Gasteiger partial charge in [-0.15, -0.1) is 0 Å². The van der Waals surface area contributed by atoms with Crippen LogP contribution >= 0.6 is 0 Å². The van der Waals surface area contributed by atoms with E-state index in [1.807, 2.05) is 7.11 Å². The number of rotatable bonds is 5. The van der Waals surface area contributed by atoms with Crippen molar-refractivity contribution in [2.45, 2.75) is 57.6 Å². The fourth-order valence-corrected chi connectivity index (χ4v) is 3.30. The van der Waals surface area contributed by atoms with Crippen LogP contribution in [0.1, 0.15) is 45.4 Å². The Labute approximate surface area is 112 Å². The topological polar surface area (TPSA) is 24.5 Å². The highest BCUT2D eigenvalue weighted by molar-refractivity contribution is 4.77. The molecular formula is C15H30N2O. The Morgan fingerprint density at radius 2 is 1.94 bits per heavy atom. The van der Waals surface area contributed by atoms with Gasteiger partial charge in [-0.2, -0.15) is 0 Å². The highest BCUT2D eigenvalue weighted by Crippen LogP contribution is 2.23. The quantitative estimate of drug-likeness (QED) is 0.814. The summed E-state index contributed by atoms with van der Waals surface area (Å²) in [6.07, 6.45) is 8.57. The van der Waals surface area contributed by atoms with Crippen LogP contribution in [0.3, 0.4) is 0 Å². The van der Waals surface area contributed by atoms with Crippen molar-refractivity contribution in [3.05, 3.63) is 0 Å². The Bertz CT molecular complexity index is 227. The molecule has 1 unspecified atom stereocenters. The van der Waals surface area contributed by atoms with E-state index in [0.717, 1.165) is 25.0 Å². The van der Waals surface area contributed by atoms with Gasteiger partial charge < -0.3 is 10.1 Å². The normalized spacial score (nSPS) is 34.7. The van der Waals surface area contributed by atoms with Crippen LogP contribution in [0.15, 0.2) is 0 Å². The molecule has 2 fully saturated rings. The Kier molecular flexibility index (Phi) is 5.93. The molecule has 1 saturated carbocycles. The van der Waals surface area contributed by atoms with Gasteiger partial charge in [0.05, 0.1) is 6.10 Å². The molecule has 18 heavy (non-hydrogen) atoms. The van der Waals surface area contributed by atoms with Crippen LogP contribution in [0, 0.1) is 5.92 Å². The zero-order chi connectivity index (χ0) is 12.8. The molecule has 1 aliphatic heterocycles.